The van der Waals surface area contributed by atoms with Gasteiger partial charge in [-0.05, 0) is 36.4 Å². The van der Waals surface area contributed by atoms with Gasteiger partial charge in [0.1, 0.15) is 12.4 Å². The molecule has 25 heavy (non-hydrogen) atoms. The highest BCUT2D eigenvalue weighted by atomic mass is 35.5. The van der Waals surface area contributed by atoms with Gasteiger partial charge in [-0.25, -0.2) is 14.2 Å². The van der Waals surface area contributed by atoms with Crippen LogP contribution < -0.4 is 10.3 Å². The third-order valence-electron chi connectivity index (χ3n) is 3.44. The van der Waals surface area contributed by atoms with E-state index in [2.05, 4.69) is 9.97 Å². The van der Waals surface area contributed by atoms with Crippen molar-refractivity contribution >= 4 is 28.5 Å². The minimum atomic E-state index is -0.750. The van der Waals surface area contributed by atoms with Crippen LogP contribution in [0.3, 0.4) is 0 Å². The number of methoxy groups -OCH3 is 1. The third kappa shape index (κ3) is 3.61. The van der Waals surface area contributed by atoms with Crippen LogP contribution in [-0.2, 0) is 11.3 Å². The predicted octanol–water partition coefficient (Wildman–Crippen LogP) is 3.08. The summed E-state index contributed by atoms with van der Waals surface area (Å²) < 4.78 is 23.5. The number of benzene rings is 2. The molecule has 0 aliphatic heterocycles. The largest absolute Gasteiger partial charge is 0.494 e. The highest BCUT2D eigenvalue weighted by molar-refractivity contribution is 6.31. The molecule has 3 aromatic rings. The zero-order valence-electron chi connectivity index (χ0n) is 13.0. The minimum absolute atomic E-state index is 0.0215. The first kappa shape index (κ1) is 16.9. The van der Waals surface area contributed by atoms with Gasteiger partial charge >= 0.3 is 5.97 Å². The number of hydrogen-bond donors (Lipinski definition) is 1. The van der Waals surface area contributed by atoms with Gasteiger partial charge in [0, 0.05) is 5.02 Å². The molecule has 0 unspecified atom stereocenters. The Labute approximate surface area is 146 Å². The van der Waals surface area contributed by atoms with Gasteiger partial charge in [-0.1, -0.05) is 11.6 Å². The summed E-state index contributed by atoms with van der Waals surface area (Å²) >= 11 is 5.85. The maximum atomic E-state index is 13.6. The molecular formula is C17H12ClFN2O4. The number of ether oxygens (including phenoxy) is 2. The van der Waals surface area contributed by atoms with Crippen LogP contribution in [0.4, 0.5) is 4.39 Å². The van der Waals surface area contributed by atoms with Crippen LogP contribution in [-0.4, -0.2) is 23.0 Å². The van der Waals surface area contributed by atoms with E-state index in [4.69, 9.17) is 21.1 Å². The Hall–Kier alpha value is -2.93. The van der Waals surface area contributed by atoms with Crippen molar-refractivity contribution in [1.82, 2.24) is 9.97 Å². The van der Waals surface area contributed by atoms with Crippen LogP contribution in [0, 0.1) is 5.82 Å². The molecule has 2 aromatic carbocycles. The molecule has 8 heteroatoms. The van der Waals surface area contributed by atoms with Crippen molar-refractivity contribution in [2.45, 2.75) is 6.61 Å². The fourth-order valence-electron chi connectivity index (χ4n) is 2.24. The second kappa shape index (κ2) is 6.90. The lowest BCUT2D eigenvalue weighted by Crippen LogP contribution is -2.14. The van der Waals surface area contributed by atoms with Gasteiger partial charge in [0.2, 0.25) is 0 Å². The Morgan fingerprint density at radius 2 is 2.08 bits per heavy atom. The SMILES string of the molecule is COc1ccc(C(=O)OCc2nc3ccc(Cl)cc3c(=O)[nH]2)cc1F. The molecule has 128 valence electrons. The summed E-state index contributed by atoms with van der Waals surface area (Å²) in [6.07, 6.45) is 0. The quantitative estimate of drug-likeness (QED) is 0.721. The summed E-state index contributed by atoms with van der Waals surface area (Å²) in [5.74, 6) is -1.23. The van der Waals surface area contributed by atoms with Crippen molar-refractivity contribution in [1.29, 1.82) is 0 Å². The van der Waals surface area contributed by atoms with E-state index in [1.54, 1.807) is 12.1 Å². The summed E-state index contributed by atoms with van der Waals surface area (Å²) in [6.45, 7) is -0.264. The number of aromatic amines is 1. The Morgan fingerprint density at radius 1 is 1.28 bits per heavy atom. The number of aromatic nitrogens is 2. The Balaban J connectivity index is 1.78. The first-order valence-electron chi connectivity index (χ1n) is 7.17. The lowest BCUT2D eigenvalue weighted by Gasteiger charge is -2.07. The number of halogens is 2. The van der Waals surface area contributed by atoms with Crippen molar-refractivity contribution in [3.05, 3.63) is 69.0 Å². The third-order valence-corrected chi connectivity index (χ3v) is 3.68. The second-order valence-electron chi connectivity index (χ2n) is 5.10. The van der Waals surface area contributed by atoms with Crippen molar-refractivity contribution in [2.75, 3.05) is 7.11 Å². The zero-order valence-corrected chi connectivity index (χ0v) is 13.8. The van der Waals surface area contributed by atoms with E-state index in [9.17, 15) is 14.0 Å². The molecule has 1 N–H and O–H groups in total. The highest BCUT2D eigenvalue weighted by Gasteiger charge is 2.13. The van der Waals surface area contributed by atoms with Gasteiger partial charge in [-0.3, -0.25) is 4.79 Å². The van der Waals surface area contributed by atoms with Gasteiger partial charge in [-0.15, -0.1) is 0 Å². The first-order chi connectivity index (χ1) is 12.0. The number of nitrogens with one attached hydrogen (secondary N) is 1. The van der Waals surface area contributed by atoms with Gasteiger partial charge in [0.05, 0.1) is 23.6 Å². The molecule has 0 radical (unpaired) electrons. The second-order valence-corrected chi connectivity index (χ2v) is 5.54. The maximum absolute atomic E-state index is 13.6. The van der Waals surface area contributed by atoms with E-state index >= 15 is 0 Å². The van der Waals surface area contributed by atoms with Crippen LogP contribution in [0.1, 0.15) is 16.2 Å². The number of nitrogens with zero attached hydrogens (tertiary/aromatic N) is 1. The van der Waals surface area contributed by atoms with Crippen molar-refractivity contribution in [3.8, 4) is 5.75 Å². The highest BCUT2D eigenvalue weighted by Crippen LogP contribution is 2.18. The summed E-state index contributed by atoms with van der Waals surface area (Å²) in [4.78, 5) is 30.7. The van der Waals surface area contributed by atoms with Crippen LogP contribution in [0.5, 0.6) is 5.75 Å². The topological polar surface area (TPSA) is 81.3 Å². The fraction of sp³-hybridized carbons (Fsp3) is 0.118. The number of rotatable bonds is 4. The van der Waals surface area contributed by atoms with Crippen LogP contribution >= 0.6 is 11.6 Å². The van der Waals surface area contributed by atoms with Crippen LogP contribution in [0.15, 0.2) is 41.2 Å². The molecule has 6 nitrogen and oxygen atoms in total. The fourth-order valence-corrected chi connectivity index (χ4v) is 2.41. The summed E-state index contributed by atoms with van der Waals surface area (Å²) in [7, 11) is 1.32. The molecule has 0 aliphatic carbocycles. The molecule has 1 heterocycles. The van der Waals surface area contributed by atoms with Crippen molar-refractivity contribution < 1.29 is 18.7 Å². The van der Waals surface area contributed by atoms with Gasteiger partial charge in [0.25, 0.3) is 5.56 Å². The summed E-state index contributed by atoms with van der Waals surface area (Å²) in [5.41, 5.74) is 0.0527. The average molecular weight is 363 g/mol. The zero-order chi connectivity index (χ0) is 18.0. The molecule has 0 bridgehead atoms. The van der Waals surface area contributed by atoms with Crippen LogP contribution in [0.2, 0.25) is 5.02 Å². The number of carbonyl (C=O) groups excluding carboxylic acids is 1. The molecular weight excluding hydrogens is 351 g/mol. The van der Waals surface area contributed by atoms with E-state index < -0.39 is 17.3 Å². The number of carbonyl (C=O) groups is 1. The number of hydrogen-bond acceptors (Lipinski definition) is 5. The van der Waals surface area contributed by atoms with Crippen molar-refractivity contribution in [3.63, 3.8) is 0 Å². The molecule has 0 aliphatic rings. The van der Waals surface area contributed by atoms with Gasteiger partial charge in [-0.2, -0.15) is 0 Å². The number of H-pyrrole nitrogens is 1. The Bertz CT molecular complexity index is 1020. The number of esters is 1. The van der Waals surface area contributed by atoms with Gasteiger partial charge < -0.3 is 14.5 Å². The minimum Gasteiger partial charge on any atom is -0.494 e. The normalized spacial score (nSPS) is 10.7. The standard InChI is InChI=1S/C17H12ClFN2O4/c1-24-14-5-2-9(6-12(14)19)17(23)25-8-15-20-13-4-3-10(18)7-11(13)16(22)21-15/h2-7H,8H2,1H3,(H,20,21,22). The molecule has 0 saturated heterocycles. The molecule has 0 spiro atoms. The smallest absolute Gasteiger partial charge is 0.338 e. The molecule has 3 rings (SSSR count). The molecule has 1 aromatic heterocycles. The Kier molecular flexibility index (Phi) is 4.67. The average Bonchev–Trinajstić information content (AvgIpc) is 2.60. The van der Waals surface area contributed by atoms with Gasteiger partial charge in [0.15, 0.2) is 11.6 Å². The molecule has 0 saturated carbocycles. The molecule has 0 amide bonds. The summed E-state index contributed by atoms with van der Waals surface area (Å²) in [5, 5.41) is 0.750. The van der Waals surface area contributed by atoms with E-state index in [-0.39, 0.29) is 23.7 Å². The van der Waals surface area contributed by atoms with E-state index in [1.807, 2.05) is 0 Å². The lowest BCUT2D eigenvalue weighted by atomic mass is 10.2. The van der Waals surface area contributed by atoms with Crippen LogP contribution in [0.25, 0.3) is 10.9 Å². The summed E-state index contributed by atoms with van der Waals surface area (Å²) in [6, 6.07) is 8.41. The van der Waals surface area contributed by atoms with E-state index in [1.165, 1.54) is 25.3 Å². The Morgan fingerprint density at radius 3 is 2.80 bits per heavy atom. The first-order valence-corrected chi connectivity index (χ1v) is 7.55. The maximum Gasteiger partial charge on any atom is 0.338 e. The predicted molar refractivity (Wildman–Crippen MR) is 89.4 cm³/mol. The lowest BCUT2D eigenvalue weighted by molar-refractivity contribution is 0.0461. The molecule has 0 fully saturated rings. The van der Waals surface area contributed by atoms with E-state index in [0.29, 0.717) is 15.9 Å². The van der Waals surface area contributed by atoms with E-state index in [0.717, 1.165) is 6.07 Å². The molecule has 0 atom stereocenters. The van der Waals surface area contributed by atoms with Crippen molar-refractivity contribution in [2.24, 2.45) is 0 Å². The number of fused-ring (bicyclic) bond motifs is 1. The monoisotopic (exact) mass is 362 g/mol.